The predicted octanol–water partition coefficient (Wildman–Crippen LogP) is 2.49. The van der Waals surface area contributed by atoms with Gasteiger partial charge in [0.05, 0.1) is 5.69 Å². The van der Waals surface area contributed by atoms with Crippen LogP contribution in [0.25, 0.3) is 11.3 Å². The molecule has 1 heterocycles. The van der Waals surface area contributed by atoms with Crippen LogP contribution in [0.4, 0.5) is 0 Å². The summed E-state index contributed by atoms with van der Waals surface area (Å²) in [5.74, 6) is 0.0235. The average Bonchev–Trinajstić information content (AvgIpc) is 3.15. The number of hydrogen-bond acceptors (Lipinski definition) is 2. The summed E-state index contributed by atoms with van der Waals surface area (Å²) in [4.78, 5) is 14.9. The first kappa shape index (κ1) is 12.2. The van der Waals surface area contributed by atoms with Crippen LogP contribution in [0.5, 0.6) is 0 Å². The Bertz CT molecular complexity index is 640. The summed E-state index contributed by atoms with van der Waals surface area (Å²) in [6, 6.07) is 10.3. The first-order chi connectivity index (χ1) is 9.24. The van der Waals surface area contributed by atoms with Gasteiger partial charge in [-0.15, -0.1) is 0 Å². The Morgan fingerprint density at radius 2 is 2.11 bits per heavy atom. The van der Waals surface area contributed by atoms with Gasteiger partial charge in [-0.3, -0.25) is 4.79 Å². The fraction of sp³-hybridized carbons (Fsp3) is 0.286. The van der Waals surface area contributed by atoms with Crippen LogP contribution in [-0.4, -0.2) is 21.5 Å². The summed E-state index contributed by atoms with van der Waals surface area (Å²) < 4.78 is 2.41. The van der Waals surface area contributed by atoms with Crippen molar-refractivity contribution in [3.05, 3.63) is 41.3 Å². The van der Waals surface area contributed by atoms with E-state index in [9.17, 15) is 4.79 Å². The molecule has 1 aromatic carbocycles. The van der Waals surface area contributed by atoms with Gasteiger partial charge in [0.1, 0.15) is 6.54 Å². The van der Waals surface area contributed by atoms with Crippen LogP contribution in [0, 0.1) is 4.77 Å². The van der Waals surface area contributed by atoms with E-state index in [-0.39, 0.29) is 12.5 Å². The molecule has 0 atom stereocenters. The topological polar surface area (TPSA) is 49.8 Å². The summed E-state index contributed by atoms with van der Waals surface area (Å²) in [6.07, 6.45) is 4.04. The molecule has 0 spiro atoms. The molecule has 3 rings (SSSR count). The molecular weight excluding hydrogens is 258 g/mol. The number of carbonyl (C=O) groups excluding carboxylic acids is 1. The number of aromatic nitrogens is 2. The zero-order valence-electron chi connectivity index (χ0n) is 10.4. The van der Waals surface area contributed by atoms with Crippen molar-refractivity contribution < 1.29 is 4.79 Å². The van der Waals surface area contributed by atoms with Crippen LogP contribution in [-0.2, 0) is 11.3 Å². The number of nitrogens with zero attached hydrogens (tertiary/aromatic N) is 1. The predicted molar refractivity (Wildman–Crippen MR) is 76.2 cm³/mol. The number of aromatic amines is 1. The molecule has 1 amide bonds. The Morgan fingerprint density at radius 3 is 2.79 bits per heavy atom. The third-order valence-electron chi connectivity index (χ3n) is 3.18. The molecule has 5 heteroatoms. The highest BCUT2D eigenvalue weighted by molar-refractivity contribution is 7.71. The molecule has 2 aromatic rings. The van der Waals surface area contributed by atoms with Gasteiger partial charge >= 0.3 is 0 Å². The fourth-order valence-electron chi connectivity index (χ4n) is 2.04. The second-order valence-electron chi connectivity index (χ2n) is 4.77. The lowest BCUT2D eigenvalue weighted by Crippen LogP contribution is -2.29. The SMILES string of the molecule is O=C(Cn1c(-c2ccccc2)c[nH]c1=S)NC1CC1. The minimum absolute atomic E-state index is 0.0235. The number of nitrogens with one attached hydrogen (secondary N) is 2. The Hall–Kier alpha value is -1.88. The van der Waals surface area contributed by atoms with Gasteiger partial charge in [-0.25, -0.2) is 0 Å². The van der Waals surface area contributed by atoms with Crippen LogP contribution in [0.2, 0.25) is 0 Å². The van der Waals surface area contributed by atoms with E-state index < -0.39 is 0 Å². The largest absolute Gasteiger partial charge is 0.352 e. The van der Waals surface area contributed by atoms with E-state index >= 15 is 0 Å². The molecular formula is C14H15N3OS. The minimum atomic E-state index is 0.0235. The molecule has 4 nitrogen and oxygen atoms in total. The highest BCUT2D eigenvalue weighted by Gasteiger charge is 2.23. The number of amides is 1. The van der Waals surface area contributed by atoms with Gasteiger partial charge < -0.3 is 14.9 Å². The summed E-state index contributed by atoms with van der Waals surface area (Å²) >= 11 is 5.25. The minimum Gasteiger partial charge on any atom is -0.352 e. The van der Waals surface area contributed by atoms with E-state index in [2.05, 4.69) is 10.3 Å². The highest BCUT2D eigenvalue weighted by atomic mass is 32.1. The molecule has 2 N–H and O–H groups in total. The molecule has 1 aromatic heterocycles. The van der Waals surface area contributed by atoms with E-state index in [0.717, 1.165) is 24.1 Å². The van der Waals surface area contributed by atoms with Gasteiger partial charge in [0.2, 0.25) is 5.91 Å². The quantitative estimate of drug-likeness (QED) is 0.841. The van der Waals surface area contributed by atoms with Gasteiger partial charge in [-0.05, 0) is 30.6 Å². The maximum Gasteiger partial charge on any atom is 0.240 e. The Balaban J connectivity index is 1.86. The smallest absolute Gasteiger partial charge is 0.240 e. The van der Waals surface area contributed by atoms with Crippen LogP contribution < -0.4 is 5.32 Å². The summed E-state index contributed by atoms with van der Waals surface area (Å²) in [5, 5.41) is 2.98. The van der Waals surface area contributed by atoms with Crippen molar-refractivity contribution in [1.82, 2.24) is 14.9 Å². The highest BCUT2D eigenvalue weighted by Crippen LogP contribution is 2.20. The summed E-state index contributed by atoms with van der Waals surface area (Å²) in [6.45, 7) is 0.267. The third-order valence-corrected chi connectivity index (χ3v) is 3.52. The maximum absolute atomic E-state index is 11.9. The zero-order valence-corrected chi connectivity index (χ0v) is 11.2. The molecule has 1 aliphatic carbocycles. The Labute approximate surface area is 116 Å². The Morgan fingerprint density at radius 1 is 1.37 bits per heavy atom. The monoisotopic (exact) mass is 273 g/mol. The van der Waals surface area contributed by atoms with Gasteiger partial charge in [0.15, 0.2) is 4.77 Å². The normalized spacial score (nSPS) is 14.3. The van der Waals surface area contributed by atoms with Crippen molar-refractivity contribution >= 4 is 18.1 Å². The van der Waals surface area contributed by atoms with E-state index in [1.54, 1.807) is 0 Å². The fourth-order valence-corrected chi connectivity index (χ4v) is 2.27. The second-order valence-corrected chi connectivity index (χ2v) is 5.16. The van der Waals surface area contributed by atoms with E-state index in [4.69, 9.17) is 12.2 Å². The number of imidazole rings is 1. The molecule has 0 aliphatic heterocycles. The Kier molecular flexibility index (Phi) is 3.21. The number of H-pyrrole nitrogens is 1. The lowest BCUT2D eigenvalue weighted by Gasteiger charge is -2.08. The van der Waals surface area contributed by atoms with Gasteiger partial charge in [0.25, 0.3) is 0 Å². The van der Waals surface area contributed by atoms with Crippen LogP contribution in [0.15, 0.2) is 36.5 Å². The first-order valence-electron chi connectivity index (χ1n) is 6.37. The molecule has 1 aliphatic rings. The van der Waals surface area contributed by atoms with Gasteiger partial charge in [-0.1, -0.05) is 30.3 Å². The van der Waals surface area contributed by atoms with Crippen molar-refractivity contribution in [2.75, 3.05) is 0 Å². The van der Waals surface area contributed by atoms with Gasteiger partial charge in [0, 0.05) is 12.2 Å². The summed E-state index contributed by atoms with van der Waals surface area (Å²) in [5.41, 5.74) is 1.99. The molecule has 0 radical (unpaired) electrons. The van der Waals surface area contributed by atoms with E-state index in [0.29, 0.717) is 10.8 Å². The molecule has 1 fully saturated rings. The molecule has 0 unspecified atom stereocenters. The standard InChI is InChI=1S/C14H15N3OS/c18-13(16-11-6-7-11)9-17-12(8-15-14(17)19)10-4-2-1-3-5-10/h1-5,8,11H,6-7,9H2,(H,15,19)(H,16,18). The average molecular weight is 273 g/mol. The second kappa shape index (κ2) is 5.01. The van der Waals surface area contributed by atoms with Crippen LogP contribution >= 0.6 is 12.2 Å². The van der Waals surface area contributed by atoms with E-state index in [1.807, 2.05) is 41.1 Å². The van der Waals surface area contributed by atoms with Crippen molar-refractivity contribution in [2.45, 2.75) is 25.4 Å². The lowest BCUT2D eigenvalue weighted by molar-refractivity contribution is -0.121. The third kappa shape index (κ3) is 2.76. The van der Waals surface area contributed by atoms with Crippen molar-refractivity contribution in [1.29, 1.82) is 0 Å². The molecule has 0 bridgehead atoms. The molecule has 98 valence electrons. The van der Waals surface area contributed by atoms with Crippen molar-refractivity contribution in [3.8, 4) is 11.3 Å². The molecule has 0 saturated heterocycles. The van der Waals surface area contributed by atoms with Crippen molar-refractivity contribution in [3.63, 3.8) is 0 Å². The number of benzene rings is 1. The number of carbonyl (C=O) groups is 1. The first-order valence-corrected chi connectivity index (χ1v) is 6.78. The maximum atomic E-state index is 11.9. The lowest BCUT2D eigenvalue weighted by atomic mass is 10.2. The van der Waals surface area contributed by atoms with Crippen LogP contribution in [0.1, 0.15) is 12.8 Å². The molecule has 1 saturated carbocycles. The van der Waals surface area contributed by atoms with Gasteiger partial charge in [-0.2, -0.15) is 0 Å². The summed E-state index contributed by atoms with van der Waals surface area (Å²) in [7, 11) is 0. The number of hydrogen-bond donors (Lipinski definition) is 2. The number of rotatable bonds is 4. The zero-order chi connectivity index (χ0) is 13.2. The van der Waals surface area contributed by atoms with E-state index in [1.165, 1.54) is 0 Å². The van der Waals surface area contributed by atoms with Crippen molar-refractivity contribution in [2.24, 2.45) is 0 Å². The van der Waals surface area contributed by atoms with Crippen LogP contribution in [0.3, 0.4) is 0 Å². The molecule has 19 heavy (non-hydrogen) atoms.